The maximum Gasteiger partial charge on any atom is 0.255 e. The number of thiazole rings is 1. The molecule has 176 valence electrons. The smallest absolute Gasteiger partial charge is 0.255 e. The number of rotatable bonds is 7. The summed E-state index contributed by atoms with van der Waals surface area (Å²) in [5.74, 6) is -0.215. The minimum absolute atomic E-state index is 0.215. The minimum atomic E-state index is -0.215. The zero-order valence-electron chi connectivity index (χ0n) is 19.4. The topological polar surface area (TPSA) is 101 Å². The van der Waals surface area contributed by atoms with Crippen molar-refractivity contribution >= 4 is 45.1 Å². The molecule has 3 aromatic heterocycles. The van der Waals surface area contributed by atoms with Gasteiger partial charge in [-0.15, -0.1) is 11.3 Å². The van der Waals surface area contributed by atoms with Crippen LogP contribution in [0.1, 0.15) is 15.9 Å². The number of fused-ring (bicyclic) bond motifs is 1. The quantitative estimate of drug-likeness (QED) is 0.279. The number of nitrogen functional groups attached to an aromatic ring is 1. The molecule has 0 saturated heterocycles. The fourth-order valence-corrected chi connectivity index (χ4v) is 4.48. The van der Waals surface area contributed by atoms with Crippen LogP contribution in [-0.4, -0.2) is 39.3 Å². The van der Waals surface area contributed by atoms with Crippen LogP contribution in [-0.2, 0) is 6.54 Å². The van der Waals surface area contributed by atoms with Crippen molar-refractivity contribution < 1.29 is 4.79 Å². The van der Waals surface area contributed by atoms with Gasteiger partial charge in [-0.3, -0.25) is 9.20 Å². The average Bonchev–Trinajstić information content (AvgIpc) is 3.47. The first kappa shape index (κ1) is 22.6. The number of nitrogens with two attached hydrogens (primary N) is 1. The van der Waals surface area contributed by atoms with E-state index in [1.54, 1.807) is 24.3 Å². The lowest BCUT2D eigenvalue weighted by molar-refractivity contribution is 0.102. The number of imidazole rings is 1. The molecule has 0 unspecified atom stereocenters. The predicted octanol–water partition coefficient (Wildman–Crippen LogP) is 5.10. The van der Waals surface area contributed by atoms with Gasteiger partial charge in [0, 0.05) is 29.4 Å². The third-order valence-corrected chi connectivity index (χ3v) is 6.21. The Morgan fingerprint density at radius 2 is 1.91 bits per heavy atom. The van der Waals surface area contributed by atoms with Gasteiger partial charge in [0.1, 0.15) is 11.3 Å². The molecule has 0 fully saturated rings. The van der Waals surface area contributed by atoms with Crippen molar-refractivity contribution in [2.24, 2.45) is 0 Å². The summed E-state index contributed by atoms with van der Waals surface area (Å²) in [6, 6.07) is 18.6. The summed E-state index contributed by atoms with van der Waals surface area (Å²) >= 11 is 1.51. The molecule has 0 aliphatic heterocycles. The highest BCUT2D eigenvalue weighted by Crippen LogP contribution is 2.28. The van der Waals surface area contributed by atoms with E-state index in [0.29, 0.717) is 16.9 Å². The highest BCUT2D eigenvalue weighted by molar-refractivity contribution is 7.14. The van der Waals surface area contributed by atoms with Crippen molar-refractivity contribution in [2.75, 3.05) is 30.5 Å². The Morgan fingerprint density at radius 1 is 1.11 bits per heavy atom. The summed E-state index contributed by atoms with van der Waals surface area (Å²) in [6.45, 7) is 0.865. The van der Waals surface area contributed by atoms with E-state index >= 15 is 0 Å². The van der Waals surface area contributed by atoms with Crippen LogP contribution in [0, 0.1) is 0 Å². The van der Waals surface area contributed by atoms with Gasteiger partial charge in [-0.25, -0.2) is 9.97 Å². The molecule has 5 rings (SSSR count). The molecule has 0 spiro atoms. The predicted molar refractivity (Wildman–Crippen MR) is 142 cm³/mol. The summed E-state index contributed by atoms with van der Waals surface area (Å²) in [6.07, 6.45) is 3.89. The first-order chi connectivity index (χ1) is 17.0. The van der Waals surface area contributed by atoms with Crippen molar-refractivity contribution in [3.8, 4) is 11.4 Å². The lowest BCUT2D eigenvalue weighted by Crippen LogP contribution is -2.13. The van der Waals surface area contributed by atoms with E-state index in [4.69, 9.17) is 10.7 Å². The van der Waals surface area contributed by atoms with Crippen molar-refractivity contribution in [2.45, 2.75) is 6.54 Å². The van der Waals surface area contributed by atoms with Crippen LogP contribution in [0.3, 0.4) is 0 Å². The Hall–Kier alpha value is -4.21. The summed E-state index contributed by atoms with van der Waals surface area (Å²) in [4.78, 5) is 24.0. The molecule has 3 heterocycles. The lowest BCUT2D eigenvalue weighted by atomic mass is 10.2. The van der Waals surface area contributed by atoms with Crippen molar-refractivity contribution in [3.05, 3.63) is 89.6 Å². The number of carbonyl (C=O) groups is 1. The molecule has 0 radical (unpaired) electrons. The summed E-state index contributed by atoms with van der Waals surface area (Å²) in [7, 11) is 4.10. The molecule has 9 heteroatoms. The van der Waals surface area contributed by atoms with Gasteiger partial charge in [-0.05, 0) is 68.2 Å². The molecule has 0 saturated carbocycles. The van der Waals surface area contributed by atoms with Gasteiger partial charge < -0.3 is 21.3 Å². The van der Waals surface area contributed by atoms with E-state index < -0.39 is 0 Å². The number of amides is 1. The first-order valence-electron chi connectivity index (χ1n) is 11.1. The van der Waals surface area contributed by atoms with Gasteiger partial charge in [-0.2, -0.15) is 0 Å². The largest absolute Gasteiger partial charge is 0.397 e. The van der Waals surface area contributed by atoms with E-state index in [-0.39, 0.29) is 5.91 Å². The molecule has 0 aliphatic rings. The number of nitrogens with one attached hydrogen (secondary N) is 2. The number of benzene rings is 2. The van der Waals surface area contributed by atoms with E-state index in [9.17, 15) is 4.79 Å². The number of pyridine rings is 1. The normalized spacial score (nSPS) is 11.2. The SMILES string of the molecule is CN(C)Cc1ccn2c(-c3csc(Nc4ccc(C(=O)Nc5ccccc5N)cc4)n3)cnc2c1. The van der Waals surface area contributed by atoms with Gasteiger partial charge >= 0.3 is 0 Å². The van der Waals surface area contributed by atoms with Crippen LogP contribution in [0.2, 0.25) is 0 Å². The van der Waals surface area contributed by atoms with Crippen LogP contribution >= 0.6 is 11.3 Å². The molecular formula is C26H25N7OS. The Bertz CT molecular complexity index is 1490. The third-order valence-electron chi connectivity index (χ3n) is 5.45. The highest BCUT2D eigenvalue weighted by Gasteiger charge is 2.12. The Labute approximate surface area is 207 Å². The molecule has 4 N–H and O–H groups in total. The lowest BCUT2D eigenvalue weighted by Gasteiger charge is -2.09. The average molecular weight is 484 g/mol. The van der Waals surface area contributed by atoms with Crippen LogP contribution in [0.4, 0.5) is 22.2 Å². The molecule has 0 bridgehead atoms. The Balaban J connectivity index is 1.28. The maximum absolute atomic E-state index is 12.5. The summed E-state index contributed by atoms with van der Waals surface area (Å²) < 4.78 is 2.05. The molecular weight excluding hydrogens is 458 g/mol. The van der Waals surface area contributed by atoms with Gasteiger partial charge in [-0.1, -0.05) is 12.1 Å². The number of nitrogens with zero attached hydrogens (tertiary/aromatic N) is 4. The maximum atomic E-state index is 12.5. The minimum Gasteiger partial charge on any atom is -0.397 e. The summed E-state index contributed by atoms with van der Waals surface area (Å²) in [5.41, 5.74) is 12.3. The van der Waals surface area contributed by atoms with Crippen LogP contribution in [0.15, 0.2) is 78.4 Å². The fraction of sp³-hybridized carbons (Fsp3) is 0.115. The number of hydrogen-bond donors (Lipinski definition) is 3. The Morgan fingerprint density at radius 3 is 2.69 bits per heavy atom. The molecule has 0 aliphatic carbocycles. The van der Waals surface area contributed by atoms with E-state index in [2.05, 4.69) is 32.7 Å². The number of aromatic nitrogens is 3. The number of anilines is 4. The van der Waals surface area contributed by atoms with Gasteiger partial charge in [0.2, 0.25) is 0 Å². The van der Waals surface area contributed by atoms with E-state index in [1.807, 2.05) is 60.5 Å². The van der Waals surface area contributed by atoms with Crippen LogP contribution < -0.4 is 16.4 Å². The zero-order valence-corrected chi connectivity index (χ0v) is 20.2. The molecule has 2 aromatic carbocycles. The standard InChI is InChI=1S/C26H25N7OS/c1-32(2)15-17-11-12-33-23(14-28-24(33)13-17)22-16-35-26(31-22)29-19-9-7-18(8-10-19)25(34)30-21-6-4-3-5-20(21)27/h3-14,16H,15,27H2,1-2H3,(H,29,31)(H,30,34). The molecule has 5 aromatic rings. The van der Waals surface area contributed by atoms with Crippen LogP contribution in [0.25, 0.3) is 17.0 Å². The van der Waals surface area contributed by atoms with Gasteiger partial charge in [0.15, 0.2) is 5.13 Å². The van der Waals surface area contributed by atoms with Crippen molar-refractivity contribution in [1.29, 1.82) is 0 Å². The molecule has 35 heavy (non-hydrogen) atoms. The second kappa shape index (κ2) is 9.57. The zero-order chi connectivity index (χ0) is 24.4. The summed E-state index contributed by atoms with van der Waals surface area (Å²) in [5, 5.41) is 8.91. The van der Waals surface area contributed by atoms with Crippen molar-refractivity contribution in [3.63, 3.8) is 0 Å². The van der Waals surface area contributed by atoms with Crippen molar-refractivity contribution in [1.82, 2.24) is 19.3 Å². The second-order valence-corrected chi connectivity index (χ2v) is 9.28. The molecule has 0 atom stereocenters. The first-order valence-corrected chi connectivity index (χ1v) is 11.9. The highest BCUT2D eigenvalue weighted by atomic mass is 32.1. The van der Waals surface area contributed by atoms with Crippen LogP contribution in [0.5, 0.6) is 0 Å². The van der Waals surface area contributed by atoms with E-state index in [1.165, 1.54) is 16.9 Å². The fourth-order valence-electron chi connectivity index (χ4n) is 3.76. The second-order valence-electron chi connectivity index (χ2n) is 8.43. The molecule has 1 amide bonds. The molecule has 8 nitrogen and oxygen atoms in total. The monoisotopic (exact) mass is 483 g/mol. The number of carbonyl (C=O) groups excluding carboxylic acids is 1. The van der Waals surface area contributed by atoms with E-state index in [0.717, 1.165) is 34.4 Å². The number of para-hydroxylation sites is 2. The number of hydrogen-bond acceptors (Lipinski definition) is 7. The van der Waals surface area contributed by atoms with Gasteiger partial charge in [0.25, 0.3) is 5.91 Å². The Kier molecular flexibility index (Phi) is 6.17. The third kappa shape index (κ3) is 5.01. The van der Waals surface area contributed by atoms with Gasteiger partial charge in [0.05, 0.1) is 23.3 Å².